The standard InChI is InChI=1S/C22H22Cl2F3N5O2/c23-15-4-1-2-6-17(15)32-20(12-18(30-32)22(25,26)27)34-13-19(33)29-14-7-10-31(11-8-14)21-16(24)5-3-9-28-21/h1-3,5-6,9,12,14-15H,4,7-8,10-11,13H2,(H,29,33). The third-order valence-corrected chi connectivity index (χ3v) is 6.23. The van der Waals surface area contributed by atoms with Gasteiger partial charge in [-0.3, -0.25) is 4.79 Å². The molecule has 0 saturated carbocycles. The number of pyridine rings is 1. The van der Waals surface area contributed by atoms with Crippen molar-refractivity contribution in [2.24, 2.45) is 0 Å². The van der Waals surface area contributed by atoms with E-state index in [9.17, 15) is 18.0 Å². The molecule has 12 heteroatoms. The predicted molar refractivity (Wildman–Crippen MR) is 123 cm³/mol. The Hall–Kier alpha value is -2.72. The summed E-state index contributed by atoms with van der Waals surface area (Å²) in [5, 5.41) is 6.49. The maximum absolute atomic E-state index is 13.2. The summed E-state index contributed by atoms with van der Waals surface area (Å²) in [5.74, 6) is 0.0697. The summed E-state index contributed by atoms with van der Waals surface area (Å²) in [6.07, 6.45) is 3.85. The number of rotatable bonds is 6. The maximum atomic E-state index is 13.2. The zero-order chi connectivity index (χ0) is 24.3. The highest BCUT2D eigenvalue weighted by molar-refractivity contribution is 6.32. The first-order valence-electron chi connectivity index (χ1n) is 10.7. The highest BCUT2D eigenvalue weighted by Gasteiger charge is 2.36. The average Bonchev–Trinajstić information content (AvgIpc) is 3.24. The number of piperidine rings is 1. The van der Waals surface area contributed by atoms with Crippen LogP contribution in [0.4, 0.5) is 19.0 Å². The fourth-order valence-electron chi connectivity index (χ4n) is 3.84. The number of hydrogen-bond donors (Lipinski definition) is 1. The average molecular weight is 516 g/mol. The van der Waals surface area contributed by atoms with E-state index in [2.05, 4.69) is 15.4 Å². The second-order valence-electron chi connectivity index (χ2n) is 7.93. The smallest absolute Gasteiger partial charge is 0.435 e. The zero-order valence-corrected chi connectivity index (χ0v) is 19.4. The van der Waals surface area contributed by atoms with Crippen LogP contribution in [0, 0.1) is 0 Å². The van der Waals surface area contributed by atoms with Crippen molar-refractivity contribution in [2.75, 3.05) is 24.6 Å². The van der Waals surface area contributed by atoms with Crippen LogP contribution in [0.15, 0.2) is 42.6 Å². The predicted octanol–water partition coefficient (Wildman–Crippen LogP) is 4.52. The third-order valence-electron chi connectivity index (χ3n) is 5.53. The normalized spacial score (nSPS) is 19.1. The van der Waals surface area contributed by atoms with Gasteiger partial charge in [-0.15, -0.1) is 11.6 Å². The van der Waals surface area contributed by atoms with Crippen LogP contribution >= 0.6 is 23.2 Å². The van der Waals surface area contributed by atoms with Crippen molar-refractivity contribution in [3.63, 3.8) is 0 Å². The lowest BCUT2D eigenvalue weighted by Gasteiger charge is -2.33. The molecule has 7 nitrogen and oxygen atoms in total. The number of halogens is 5. The van der Waals surface area contributed by atoms with Gasteiger partial charge in [0.15, 0.2) is 12.3 Å². The van der Waals surface area contributed by atoms with Crippen molar-refractivity contribution in [3.05, 3.63) is 53.3 Å². The van der Waals surface area contributed by atoms with Gasteiger partial charge >= 0.3 is 6.18 Å². The molecule has 34 heavy (non-hydrogen) atoms. The van der Waals surface area contributed by atoms with Gasteiger partial charge in [-0.25, -0.2) is 9.67 Å². The van der Waals surface area contributed by atoms with Crippen LogP contribution in [0.3, 0.4) is 0 Å². The van der Waals surface area contributed by atoms with E-state index < -0.39 is 29.8 Å². The zero-order valence-electron chi connectivity index (χ0n) is 17.9. The van der Waals surface area contributed by atoms with Crippen molar-refractivity contribution < 1.29 is 22.7 Å². The van der Waals surface area contributed by atoms with Gasteiger partial charge in [-0.2, -0.15) is 18.3 Å². The van der Waals surface area contributed by atoms with Crippen LogP contribution in [-0.4, -0.2) is 51.8 Å². The molecule has 1 aliphatic heterocycles. The van der Waals surface area contributed by atoms with Crippen molar-refractivity contribution in [3.8, 4) is 5.88 Å². The first kappa shape index (κ1) is 24.4. The van der Waals surface area contributed by atoms with E-state index in [-0.39, 0.29) is 11.9 Å². The van der Waals surface area contributed by atoms with Crippen molar-refractivity contribution >= 4 is 40.6 Å². The van der Waals surface area contributed by atoms with Crippen LogP contribution in [0.5, 0.6) is 5.88 Å². The molecular weight excluding hydrogens is 494 g/mol. The number of aromatic nitrogens is 3. The molecule has 0 radical (unpaired) electrons. The lowest BCUT2D eigenvalue weighted by molar-refractivity contribution is -0.141. The molecule has 1 atom stereocenters. The Balaban J connectivity index is 1.36. The first-order chi connectivity index (χ1) is 16.2. The number of ether oxygens (including phenoxy) is 1. The second-order valence-corrected chi connectivity index (χ2v) is 8.86. The van der Waals surface area contributed by atoms with E-state index >= 15 is 0 Å². The molecule has 3 heterocycles. The van der Waals surface area contributed by atoms with E-state index in [1.807, 2.05) is 4.90 Å². The minimum absolute atomic E-state index is 0.0936. The van der Waals surface area contributed by atoms with Crippen LogP contribution in [0.2, 0.25) is 5.02 Å². The molecule has 2 aliphatic rings. The van der Waals surface area contributed by atoms with Crippen molar-refractivity contribution in [1.82, 2.24) is 20.1 Å². The molecule has 0 bridgehead atoms. The van der Waals surface area contributed by atoms with Crippen LogP contribution in [0.1, 0.15) is 25.0 Å². The number of carbonyl (C=O) groups excluding carboxylic acids is 1. The molecule has 1 amide bonds. The Morgan fingerprint density at radius 1 is 1.29 bits per heavy atom. The molecule has 0 aromatic carbocycles. The van der Waals surface area contributed by atoms with Crippen molar-refractivity contribution in [1.29, 1.82) is 0 Å². The summed E-state index contributed by atoms with van der Waals surface area (Å²) in [6, 6.07) is 4.21. The summed E-state index contributed by atoms with van der Waals surface area (Å²) < 4.78 is 46.2. The SMILES string of the molecule is O=C(COc1cc(C(F)(F)F)nn1C1=CC=CCC1Cl)NC1CCN(c2ncccc2Cl)CC1. The molecule has 4 rings (SSSR count). The molecule has 2 aromatic rings. The van der Waals surface area contributed by atoms with Gasteiger partial charge in [0.05, 0.1) is 16.1 Å². The lowest BCUT2D eigenvalue weighted by atomic mass is 10.1. The molecular formula is C22H22Cl2F3N5O2. The fourth-order valence-corrected chi connectivity index (χ4v) is 4.35. The lowest BCUT2D eigenvalue weighted by Crippen LogP contribution is -2.46. The highest BCUT2D eigenvalue weighted by atomic mass is 35.5. The molecule has 1 fully saturated rings. The molecule has 1 saturated heterocycles. The number of nitrogens with zero attached hydrogens (tertiary/aromatic N) is 4. The van der Waals surface area contributed by atoms with Gasteiger partial charge in [-0.1, -0.05) is 23.8 Å². The molecule has 1 aliphatic carbocycles. The number of hydrogen-bond acceptors (Lipinski definition) is 5. The van der Waals surface area contributed by atoms with E-state index in [1.165, 1.54) is 0 Å². The summed E-state index contributed by atoms with van der Waals surface area (Å²) in [5.41, 5.74) is -0.779. The largest absolute Gasteiger partial charge is 0.467 e. The van der Waals surface area contributed by atoms with Crippen LogP contribution < -0.4 is 15.0 Å². The van der Waals surface area contributed by atoms with Gasteiger partial charge in [0.25, 0.3) is 5.91 Å². The molecule has 1 unspecified atom stereocenters. The monoisotopic (exact) mass is 515 g/mol. The van der Waals surface area contributed by atoms with E-state index in [0.29, 0.717) is 48.9 Å². The van der Waals surface area contributed by atoms with E-state index in [0.717, 1.165) is 10.7 Å². The minimum Gasteiger partial charge on any atom is -0.467 e. The van der Waals surface area contributed by atoms with Gasteiger partial charge in [0.1, 0.15) is 5.82 Å². The maximum Gasteiger partial charge on any atom is 0.435 e. The number of anilines is 1. The topological polar surface area (TPSA) is 72.3 Å². The van der Waals surface area contributed by atoms with Gasteiger partial charge in [0, 0.05) is 31.4 Å². The highest BCUT2D eigenvalue weighted by Crippen LogP contribution is 2.34. The van der Waals surface area contributed by atoms with Crippen LogP contribution in [0.25, 0.3) is 5.70 Å². The number of allylic oxidation sites excluding steroid dienone is 4. The Labute approximate surface area is 204 Å². The Morgan fingerprint density at radius 3 is 2.74 bits per heavy atom. The Bertz CT molecular complexity index is 1090. The first-order valence-corrected chi connectivity index (χ1v) is 11.5. The molecule has 1 N–H and O–H groups in total. The van der Waals surface area contributed by atoms with Crippen molar-refractivity contribution in [2.45, 2.75) is 36.9 Å². The minimum atomic E-state index is -4.66. The quantitative estimate of drug-likeness (QED) is 0.572. The molecule has 2 aromatic heterocycles. The summed E-state index contributed by atoms with van der Waals surface area (Å²) in [6.45, 7) is 0.859. The molecule has 0 spiro atoms. The third kappa shape index (κ3) is 5.67. The van der Waals surface area contributed by atoms with Gasteiger partial charge in [0.2, 0.25) is 5.88 Å². The number of alkyl halides is 4. The van der Waals surface area contributed by atoms with Gasteiger partial charge < -0.3 is 15.0 Å². The number of nitrogens with one attached hydrogen (secondary N) is 1. The van der Waals surface area contributed by atoms with Gasteiger partial charge in [-0.05, 0) is 37.5 Å². The van der Waals surface area contributed by atoms with E-state index in [1.54, 1.807) is 36.6 Å². The number of amides is 1. The Morgan fingerprint density at radius 2 is 2.06 bits per heavy atom. The summed E-state index contributed by atoms with van der Waals surface area (Å²) in [4.78, 5) is 18.8. The summed E-state index contributed by atoms with van der Waals surface area (Å²) in [7, 11) is 0. The van der Waals surface area contributed by atoms with E-state index in [4.69, 9.17) is 27.9 Å². The second kappa shape index (κ2) is 10.3. The van der Waals surface area contributed by atoms with Crippen LogP contribution in [-0.2, 0) is 11.0 Å². The molecule has 182 valence electrons. The fraction of sp³-hybridized carbons (Fsp3) is 0.409. The summed E-state index contributed by atoms with van der Waals surface area (Å²) >= 11 is 12.5. The Kier molecular flexibility index (Phi) is 7.37. The number of carbonyl (C=O) groups is 1.